The van der Waals surface area contributed by atoms with Crippen LogP contribution in [0.2, 0.25) is 0 Å². The van der Waals surface area contributed by atoms with Crippen LogP contribution in [0.15, 0.2) is 24.3 Å². The van der Waals surface area contributed by atoms with Crippen molar-refractivity contribution >= 4 is 16.6 Å². The Balaban J connectivity index is 2.64. The molecule has 0 aliphatic heterocycles. The van der Waals surface area contributed by atoms with E-state index in [0.29, 0.717) is 0 Å². The van der Waals surface area contributed by atoms with Gasteiger partial charge in [0.25, 0.3) is 0 Å². The van der Waals surface area contributed by atoms with E-state index in [9.17, 15) is 0 Å². The Hall–Kier alpha value is -1.77. The minimum atomic E-state index is 0.145. The number of hydrogen-bond donors (Lipinski definition) is 1. The quantitative estimate of drug-likeness (QED) is 0.785. The van der Waals surface area contributed by atoms with Crippen molar-refractivity contribution in [1.29, 1.82) is 0 Å². The summed E-state index contributed by atoms with van der Waals surface area (Å²) in [7, 11) is 0. The molecule has 0 spiro atoms. The lowest BCUT2D eigenvalue weighted by Gasteiger charge is -2.13. The molecular formula is C13H16N2O. The van der Waals surface area contributed by atoms with Crippen LogP contribution in [0.1, 0.15) is 19.5 Å². The van der Waals surface area contributed by atoms with Crippen LogP contribution >= 0.6 is 0 Å². The molecule has 0 amide bonds. The molecule has 0 bridgehead atoms. The molecule has 0 saturated carbocycles. The molecule has 3 heteroatoms. The number of aromatic nitrogens is 1. The van der Waals surface area contributed by atoms with Crippen LogP contribution in [0.4, 0.5) is 5.69 Å². The molecule has 0 atom stereocenters. The number of rotatable bonds is 2. The molecular weight excluding hydrogens is 200 g/mol. The van der Waals surface area contributed by atoms with Crippen LogP contribution in [0.3, 0.4) is 0 Å². The number of aryl methyl sites for hydroxylation is 1. The molecule has 0 unspecified atom stereocenters. The van der Waals surface area contributed by atoms with Crippen molar-refractivity contribution in [2.24, 2.45) is 0 Å². The van der Waals surface area contributed by atoms with Crippen molar-refractivity contribution in [2.45, 2.75) is 26.9 Å². The van der Waals surface area contributed by atoms with Crippen molar-refractivity contribution in [1.82, 2.24) is 4.98 Å². The van der Waals surface area contributed by atoms with E-state index in [1.165, 1.54) is 0 Å². The summed E-state index contributed by atoms with van der Waals surface area (Å²) in [6, 6.07) is 7.63. The van der Waals surface area contributed by atoms with E-state index >= 15 is 0 Å². The summed E-state index contributed by atoms with van der Waals surface area (Å²) in [5.41, 5.74) is 8.38. The van der Waals surface area contributed by atoms with Crippen molar-refractivity contribution in [3.05, 3.63) is 30.0 Å². The molecule has 2 N–H and O–H groups in total. The summed E-state index contributed by atoms with van der Waals surface area (Å²) in [5, 5.41) is 0.972. The van der Waals surface area contributed by atoms with Crippen molar-refractivity contribution < 1.29 is 4.74 Å². The minimum absolute atomic E-state index is 0.145. The topological polar surface area (TPSA) is 48.1 Å². The Kier molecular flexibility index (Phi) is 2.69. The predicted octanol–water partition coefficient (Wildman–Crippen LogP) is 2.91. The molecule has 2 rings (SSSR count). The standard InChI is InChI=1S/C13H16N2O/c1-8(2)16-13-6-9(3)15-12-5-4-10(14)7-11(12)13/h4-8H,14H2,1-3H3. The van der Waals surface area contributed by atoms with Crippen LogP contribution in [-0.2, 0) is 0 Å². The van der Waals surface area contributed by atoms with Gasteiger partial charge in [0.15, 0.2) is 0 Å². The van der Waals surface area contributed by atoms with Crippen LogP contribution in [0, 0.1) is 6.92 Å². The SMILES string of the molecule is Cc1cc(OC(C)C)c2cc(N)ccc2n1. The summed E-state index contributed by atoms with van der Waals surface area (Å²) in [5.74, 6) is 0.852. The average molecular weight is 216 g/mol. The third-order valence-electron chi connectivity index (χ3n) is 2.29. The normalized spacial score (nSPS) is 11.0. The number of benzene rings is 1. The Morgan fingerprint density at radius 3 is 2.69 bits per heavy atom. The summed E-state index contributed by atoms with van der Waals surface area (Å²) >= 11 is 0. The molecule has 16 heavy (non-hydrogen) atoms. The maximum absolute atomic E-state index is 5.78. The average Bonchev–Trinajstić information content (AvgIpc) is 2.18. The molecule has 84 valence electrons. The van der Waals surface area contributed by atoms with Gasteiger partial charge in [0.2, 0.25) is 0 Å². The maximum Gasteiger partial charge on any atom is 0.130 e. The lowest BCUT2D eigenvalue weighted by Crippen LogP contribution is -2.06. The molecule has 2 aromatic rings. The molecule has 0 aliphatic carbocycles. The maximum atomic E-state index is 5.78. The summed E-state index contributed by atoms with van der Waals surface area (Å²) < 4.78 is 5.77. The van der Waals surface area contributed by atoms with Gasteiger partial charge in [-0.2, -0.15) is 0 Å². The summed E-state index contributed by atoms with van der Waals surface area (Å²) in [4.78, 5) is 4.45. The number of pyridine rings is 1. The number of ether oxygens (including phenoxy) is 1. The zero-order valence-corrected chi connectivity index (χ0v) is 9.82. The Morgan fingerprint density at radius 1 is 1.25 bits per heavy atom. The molecule has 1 aromatic carbocycles. The fourth-order valence-electron chi connectivity index (χ4n) is 1.69. The highest BCUT2D eigenvalue weighted by atomic mass is 16.5. The van der Waals surface area contributed by atoms with Gasteiger partial charge >= 0.3 is 0 Å². The minimum Gasteiger partial charge on any atom is -0.490 e. The number of nitrogens with two attached hydrogens (primary N) is 1. The second-order valence-electron chi connectivity index (χ2n) is 4.20. The first-order chi connectivity index (χ1) is 7.56. The summed E-state index contributed by atoms with van der Waals surface area (Å²) in [6.07, 6.45) is 0.145. The van der Waals surface area contributed by atoms with Crippen LogP contribution in [0.25, 0.3) is 10.9 Å². The van der Waals surface area contributed by atoms with Crippen LogP contribution in [0.5, 0.6) is 5.75 Å². The third kappa shape index (κ3) is 2.08. The number of anilines is 1. The van der Waals surface area contributed by atoms with E-state index in [2.05, 4.69) is 4.98 Å². The van der Waals surface area contributed by atoms with Gasteiger partial charge in [-0.15, -0.1) is 0 Å². The highest BCUT2D eigenvalue weighted by Crippen LogP contribution is 2.27. The van der Waals surface area contributed by atoms with E-state index < -0.39 is 0 Å². The number of nitrogen functional groups attached to an aromatic ring is 1. The van der Waals surface area contributed by atoms with E-state index in [1.54, 1.807) is 0 Å². The molecule has 3 nitrogen and oxygen atoms in total. The molecule has 1 aromatic heterocycles. The lowest BCUT2D eigenvalue weighted by atomic mass is 10.1. The number of nitrogens with zero attached hydrogens (tertiary/aromatic N) is 1. The second-order valence-corrected chi connectivity index (χ2v) is 4.20. The summed E-state index contributed by atoms with van der Waals surface area (Å²) in [6.45, 7) is 5.98. The van der Waals surface area contributed by atoms with Gasteiger partial charge < -0.3 is 10.5 Å². The smallest absolute Gasteiger partial charge is 0.130 e. The predicted molar refractivity (Wildman–Crippen MR) is 66.7 cm³/mol. The highest BCUT2D eigenvalue weighted by molar-refractivity contribution is 5.87. The van der Waals surface area contributed by atoms with Gasteiger partial charge in [0, 0.05) is 22.8 Å². The zero-order valence-electron chi connectivity index (χ0n) is 9.82. The van der Waals surface area contributed by atoms with E-state index in [4.69, 9.17) is 10.5 Å². The lowest BCUT2D eigenvalue weighted by molar-refractivity contribution is 0.245. The monoisotopic (exact) mass is 216 g/mol. The molecule has 0 aliphatic rings. The van der Waals surface area contributed by atoms with E-state index in [-0.39, 0.29) is 6.10 Å². The van der Waals surface area contributed by atoms with Gasteiger partial charge in [-0.25, -0.2) is 0 Å². The Labute approximate surface area is 95.2 Å². The van der Waals surface area contributed by atoms with Gasteiger partial charge in [0.1, 0.15) is 5.75 Å². The Morgan fingerprint density at radius 2 is 2.00 bits per heavy atom. The largest absolute Gasteiger partial charge is 0.490 e. The van der Waals surface area contributed by atoms with Gasteiger partial charge in [-0.05, 0) is 39.0 Å². The van der Waals surface area contributed by atoms with Crippen LogP contribution in [-0.4, -0.2) is 11.1 Å². The first-order valence-corrected chi connectivity index (χ1v) is 5.40. The fourth-order valence-corrected chi connectivity index (χ4v) is 1.69. The van der Waals surface area contributed by atoms with Crippen molar-refractivity contribution in [3.63, 3.8) is 0 Å². The number of fused-ring (bicyclic) bond motifs is 1. The number of hydrogen-bond acceptors (Lipinski definition) is 3. The first-order valence-electron chi connectivity index (χ1n) is 5.40. The molecule has 0 radical (unpaired) electrons. The van der Waals surface area contributed by atoms with E-state index in [0.717, 1.165) is 28.0 Å². The Bertz CT molecular complexity index is 521. The first kappa shape index (κ1) is 10.7. The van der Waals surface area contributed by atoms with Gasteiger partial charge in [-0.3, -0.25) is 4.98 Å². The third-order valence-corrected chi connectivity index (χ3v) is 2.29. The fraction of sp³-hybridized carbons (Fsp3) is 0.308. The van der Waals surface area contributed by atoms with Crippen molar-refractivity contribution in [3.8, 4) is 5.75 Å². The zero-order chi connectivity index (χ0) is 11.7. The van der Waals surface area contributed by atoms with Crippen LogP contribution < -0.4 is 10.5 Å². The molecule has 0 saturated heterocycles. The molecule has 1 heterocycles. The highest BCUT2D eigenvalue weighted by Gasteiger charge is 2.07. The second kappa shape index (κ2) is 4.00. The van der Waals surface area contributed by atoms with Gasteiger partial charge in [-0.1, -0.05) is 0 Å². The van der Waals surface area contributed by atoms with Gasteiger partial charge in [0.05, 0.1) is 11.6 Å². The molecule has 0 fully saturated rings. The van der Waals surface area contributed by atoms with Crippen molar-refractivity contribution in [2.75, 3.05) is 5.73 Å². The van der Waals surface area contributed by atoms with E-state index in [1.807, 2.05) is 45.0 Å².